The lowest BCUT2D eigenvalue weighted by Gasteiger charge is -2.07. The van der Waals surface area contributed by atoms with Crippen LogP contribution in [0.2, 0.25) is 5.02 Å². The van der Waals surface area contributed by atoms with Gasteiger partial charge >= 0.3 is 0 Å². The van der Waals surface area contributed by atoms with E-state index in [2.05, 4.69) is 15.5 Å². The molecule has 0 spiro atoms. The molecule has 1 amide bonds. The summed E-state index contributed by atoms with van der Waals surface area (Å²) in [5.41, 5.74) is 7.89. The Labute approximate surface area is 126 Å². The molecule has 1 aromatic heterocycles. The van der Waals surface area contributed by atoms with Gasteiger partial charge in [-0.25, -0.2) is 0 Å². The molecular weight excluding hydrogens is 290 g/mol. The van der Waals surface area contributed by atoms with Gasteiger partial charge in [-0.15, -0.1) is 0 Å². The van der Waals surface area contributed by atoms with E-state index in [1.165, 1.54) is 6.07 Å². The third kappa shape index (κ3) is 2.98. The Balaban J connectivity index is 2.25. The van der Waals surface area contributed by atoms with Gasteiger partial charge < -0.3 is 11.1 Å². The first-order chi connectivity index (χ1) is 9.93. The maximum atomic E-state index is 12.2. The van der Waals surface area contributed by atoms with E-state index in [4.69, 9.17) is 22.6 Å². The number of nitriles is 1. The largest absolute Gasteiger partial charge is 0.395 e. The Hall–Kier alpha value is -2.52. The Morgan fingerprint density at radius 3 is 2.76 bits per heavy atom. The molecule has 0 radical (unpaired) electrons. The van der Waals surface area contributed by atoms with Crippen molar-refractivity contribution in [2.45, 2.75) is 19.8 Å². The fourth-order valence-electron chi connectivity index (χ4n) is 1.84. The van der Waals surface area contributed by atoms with Gasteiger partial charge in [0.2, 0.25) is 0 Å². The van der Waals surface area contributed by atoms with E-state index < -0.39 is 5.91 Å². The zero-order valence-electron chi connectivity index (χ0n) is 11.6. The quantitative estimate of drug-likeness (QED) is 0.810. The van der Waals surface area contributed by atoms with Gasteiger partial charge in [-0.05, 0) is 24.1 Å². The lowest BCUT2D eigenvalue weighted by atomic mass is 10.1. The van der Waals surface area contributed by atoms with Crippen LogP contribution in [-0.2, 0) is 0 Å². The van der Waals surface area contributed by atoms with Gasteiger partial charge in [-0.3, -0.25) is 9.89 Å². The number of anilines is 2. The normalized spacial score (nSPS) is 10.4. The summed E-state index contributed by atoms with van der Waals surface area (Å²) in [5.74, 6) is -0.320. The first kappa shape index (κ1) is 14.9. The molecule has 0 saturated carbocycles. The van der Waals surface area contributed by atoms with Crippen molar-refractivity contribution in [2.24, 2.45) is 0 Å². The summed E-state index contributed by atoms with van der Waals surface area (Å²) >= 11 is 6.01. The fraction of sp³-hybridized carbons (Fsp3) is 0.214. The smallest absolute Gasteiger partial charge is 0.278 e. The van der Waals surface area contributed by atoms with Crippen molar-refractivity contribution < 1.29 is 4.79 Å². The predicted octanol–water partition coefficient (Wildman–Crippen LogP) is 2.89. The standard InChI is InChI=1S/C14H14ClN5O/c1-7(2)12-11(17)13(20-19-12)14(21)18-10-4-3-8(6-16)5-9(10)15/h3-5,7H,17H2,1-2H3,(H,18,21)(H,19,20). The molecule has 2 aromatic rings. The van der Waals surface area contributed by atoms with Crippen LogP contribution < -0.4 is 11.1 Å². The van der Waals surface area contributed by atoms with Crippen molar-refractivity contribution in [3.05, 3.63) is 40.2 Å². The highest BCUT2D eigenvalue weighted by Gasteiger charge is 2.19. The van der Waals surface area contributed by atoms with Crippen molar-refractivity contribution in [1.29, 1.82) is 5.26 Å². The summed E-state index contributed by atoms with van der Waals surface area (Å²) in [6.07, 6.45) is 0. The van der Waals surface area contributed by atoms with Crippen LogP contribution in [0.1, 0.15) is 41.5 Å². The highest BCUT2D eigenvalue weighted by Crippen LogP contribution is 2.26. The summed E-state index contributed by atoms with van der Waals surface area (Å²) in [6, 6.07) is 6.57. The Kier molecular flexibility index (Phi) is 4.15. The minimum Gasteiger partial charge on any atom is -0.395 e. The number of nitrogens with one attached hydrogen (secondary N) is 2. The number of nitrogens with zero attached hydrogens (tertiary/aromatic N) is 2. The number of nitrogen functional groups attached to an aromatic ring is 1. The SMILES string of the molecule is CC(C)c1[nH]nc(C(=O)Nc2ccc(C#N)cc2Cl)c1N. The summed E-state index contributed by atoms with van der Waals surface area (Å²) < 4.78 is 0. The van der Waals surface area contributed by atoms with Crippen LogP contribution in [0.15, 0.2) is 18.2 Å². The molecule has 0 aliphatic rings. The number of benzene rings is 1. The van der Waals surface area contributed by atoms with Gasteiger partial charge in [0.25, 0.3) is 5.91 Å². The first-order valence-electron chi connectivity index (χ1n) is 6.28. The summed E-state index contributed by atoms with van der Waals surface area (Å²) in [6.45, 7) is 3.89. The molecule has 108 valence electrons. The van der Waals surface area contributed by atoms with Crippen molar-refractivity contribution in [3.63, 3.8) is 0 Å². The van der Waals surface area contributed by atoms with Crippen molar-refractivity contribution in [3.8, 4) is 6.07 Å². The molecule has 1 heterocycles. The second kappa shape index (κ2) is 5.85. The van der Waals surface area contributed by atoms with E-state index in [0.29, 0.717) is 22.6 Å². The Morgan fingerprint density at radius 2 is 2.24 bits per heavy atom. The molecule has 0 aliphatic carbocycles. The average molecular weight is 304 g/mol. The minimum absolute atomic E-state index is 0.124. The van der Waals surface area contributed by atoms with Crippen molar-refractivity contribution in [1.82, 2.24) is 10.2 Å². The van der Waals surface area contributed by atoms with Crippen LogP contribution in [0.5, 0.6) is 0 Å². The van der Waals surface area contributed by atoms with E-state index in [0.717, 1.165) is 0 Å². The zero-order valence-corrected chi connectivity index (χ0v) is 12.3. The van der Waals surface area contributed by atoms with Crippen LogP contribution in [0.25, 0.3) is 0 Å². The molecule has 1 aromatic carbocycles. The second-order valence-corrected chi connectivity index (χ2v) is 5.22. The summed E-state index contributed by atoms with van der Waals surface area (Å²) in [5, 5.41) is 18.4. The van der Waals surface area contributed by atoms with Crippen molar-refractivity contribution >= 4 is 28.9 Å². The lowest BCUT2D eigenvalue weighted by Crippen LogP contribution is -2.14. The van der Waals surface area contributed by atoms with E-state index in [9.17, 15) is 4.79 Å². The average Bonchev–Trinajstić information content (AvgIpc) is 2.83. The number of halogens is 1. The molecule has 4 N–H and O–H groups in total. The van der Waals surface area contributed by atoms with Gasteiger partial charge in [0.1, 0.15) is 0 Å². The molecule has 0 unspecified atom stereocenters. The van der Waals surface area contributed by atoms with Crippen LogP contribution in [0.4, 0.5) is 11.4 Å². The summed E-state index contributed by atoms with van der Waals surface area (Å²) in [7, 11) is 0. The maximum absolute atomic E-state index is 12.2. The number of hydrogen-bond acceptors (Lipinski definition) is 4. The third-order valence-electron chi connectivity index (χ3n) is 2.97. The molecule has 0 saturated heterocycles. The number of rotatable bonds is 3. The molecule has 0 atom stereocenters. The molecule has 7 heteroatoms. The number of hydrogen-bond donors (Lipinski definition) is 3. The van der Waals surface area contributed by atoms with Gasteiger partial charge in [-0.1, -0.05) is 25.4 Å². The molecule has 0 fully saturated rings. The molecule has 0 bridgehead atoms. The minimum atomic E-state index is -0.456. The number of carbonyl (C=O) groups is 1. The second-order valence-electron chi connectivity index (χ2n) is 4.81. The van der Waals surface area contributed by atoms with Gasteiger partial charge in [0, 0.05) is 0 Å². The van der Waals surface area contributed by atoms with Crippen LogP contribution in [0.3, 0.4) is 0 Å². The molecule has 0 aliphatic heterocycles. The number of H-pyrrole nitrogens is 1. The zero-order chi connectivity index (χ0) is 15.6. The highest BCUT2D eigenvalue weighted by atomic mass is 35.5. The maximum Gasteiger partial charge on any atom is 0.278 e. The van der Waals surface area contributed by atoms with E-state index in [1.54, 1.807) is 12.1 Å². The van der Waals surface area contributed by atoms with Crippen LogP contribution >= 0.6 is 11.6 Å². The van der Waals surface area contributed by atoms with E-state index >= 15 is 0 Å². The molecule has 21 heavy (non-hydrogen) atoms. The van der Waals surface area contributed by atoms with Crippen LogP contribution in [-0.4, -0.2) is 16.1 Å². The molecular formula is C14H14ClN5O. The number of aromatic nitrogens is 2. The third-order valence-corrected chi connectivity index (χ3v) is 3.28. The number of nitrogens with two attached hydrogens (primary N) is 1. The number of aromatic amines is 1. The Morgan fingerprint density at radius 1 is 1.52 bits per heavy atom. The predicted molar refractivity (Wildman–Crippen MR) is 81.2 cm³/mol. The monoisotopic (exact) mass is 303 g/mol. The van der Waals surface area contributed by atoms with E-state index in [1.807, 2.05) is 19.9 Å². The van der Waals surface area contributed by atoms with Gasteiger partial charge in [-0.2, -0.15) is 10.4 Å². The van der Waals surface area contributed by atoms with Gasteiger partial charge in [0.05, 0.1) is 33.7 Å². The summed E-state index contributed by atoms with van der Waals surface area (Å²) in [4.78, 5) is 12.2. The molecule has 2 rings (SSSR count). The number of carbonyl (C=O) groups excluding carboxylic acids is 1. The molecule has 6 nitrogen and oxygen atoms in total. The van der Waals surface area contributed by atoms with Crippen molar-refractivity contribution in [2.75, 3.05) is 11.1 Å². The highest BCUT2D eigenvalue weighted by molar-refractivity contribution is 6.34. The fourth-order valence-corrected chi connectivity index (χ4v) is 2.07. The number of amides is 1. The Bertz CT molecular complexity index is 729. The van der Waals surface area contributed by atoms with Gasteiger partial charge in [0.15, 0.2) is 5.69 Å². The topological polar surface area (TPSA) is 108 Å². The first-order valence-corrected chi connectivity index (χ1v) is 6.66. The lowest BCUT2D eigenvalue weighted by molar-refractivity contribution is 0.102. The van der Waals surface area contributed by atoms with E-state index in [-0.39, 0.29) is 16.6 Å². The van der Waals surface area contributed by atoms with Crippen LogP contribution in [0, 0.1) is 11.3 Å².